The van der Waals surface area contributed by atoms with E-state index in [1.807, 2.05) is 25.1 Å². The largest absolute Gasteiger partial charge is 0.494 e. The van der Waals surface area contributed by atoms with Gasteiger partial charge in [0.1, 0.15) is 24.2 Å². The van der Waals surface area contributed by atoms with E-state index in [4.69, 9.17) is 14.7 Å². The predicted octanol–water partition coefficient (Wildman–Crippen LogP) is 1.74. The summed E-state index contributed by atoms with van der Waals surface area (Å²) in [4.78, 5) is 0. The second-order valence-corrected chi connectivity index (χ2v) is 3.23. The molecule has 4 nitrogen and oxygen atoms in total. The monoisotopic (exact) mass is 221 g/mol. The highest BCUT2D eigenvalue weighted by Crippen LogP contribution is 2.19. The molecule has 16 heavy (non-hydrogen) atoms. The van der Waals surface area contributed by atoms with Gasteiger partial charge in [0.2, 0.25) is 0 Å². The van der Waals surface area contributed by atoms with Crippen molar-refractivity contribution in [2.24, 2.45) is 0 Å². The summed E-state index contributed by atoms with van der Waals surface area (Å²) in [6.45, 7) is 2.62. The molecule has 0 saturated heterocycles. The van der Waals surface area contributed by atoms with Crippen molar-refractivity contribution in [3.8, 4) is 17.6 Å². The third kappa shape index (κ3) is 4.20. The zero-order valence-corrected chi connectivity index (χ0v) is 9.22. The quantitative estimate of drug-likeness (QED) is 0.794. The molecule has 0 heterocycles. The molecule has 1 unspecified atom stereocenters. The Morgan fingerprint density at radius 2 is 2.06 bits per heavy atom. The van der Waals surface area contributed by atoms with Crippen molar-refractivity contribution in [2.45, 2.75) is 19.4 Å². The Labute approximate surface area is 95.0 Å². The summed E-state index contributed by atoms with van der Waals surface area (Å²) in [5, 5.41) is 17.7. The fourth-order valence-electron chi connectivity index (χ4n) is 1.18. The number of hydrogen-bond donors (Lipinski definition) is 1. The fraction of sp³-hybridized carbons (Fsp3) is 0.417. The first-order valence-corrected chi connectivity index (χ1v) is 5.17. The van der Waals surface area contributed by atoms with E-state index in [2.05, 4.69) is 0 Å². The van der Waals surface area contributed by atoms with Crippen LogP contribution in [-0.2, 0) is 0 Å². The van der Waals surface area contributed by atoms with Gasteiger partial charge < -0.3 is 14.6 Å². The third-order valence-electron chi connectivity index (χ3n) is 1.89. The maximum absolute atomic E-state index is 9.30. The lowest BCUT2D eigenvalue weighted by molar-refractivity contribution is 0.111. The molecule has 0 bridgehead atoms. The Morgan fingerprint density at radius 1 is 1.38 bits per heavy atom. The van der Waals surface area contributed by atoms with E-state index in [-0.39, 0.29) is 13.0 Å². The van der Waals surface area contributed by atoms with E-state index in [1.165, 1.54) is 0 Å². The van der Waals surface area contributed by atoms with Crippen LogP contribution < -0.4 is 9.47 Å². The molecule has 1 aromatic carbocycles. The topological polar surface area (TPSA) is 62.5 Å². The number of ether oxygens (including phenoxy) is 2. The number of aliphatic hydroxyl groups is 1. The van der Waals surface area contributed by atoms with Crippen molar-refractivity contribution in [3.63, 3.8) is 0 Å². The van der Waals surface area contributed by atoms with Crippen molar-refractivity contribution in [1.82, 2.24) is 0 Å². The molecule has 1 atom stereocenters. The minimum absolute atomic E-state index is 0.0746. The molecule has 1 rings (SSSR count). The highest BCUT2D eigenvalue weighted by molar-refractivity contribution is 5.32. The third-order valence-corrected chi connectivity index (χ3v) is 1.89. The molecule has 0 aliphatic heterocycles. The lowest BCUT2D eigenvalue weighted by Gasteiger charge is -2.10. The van der Waals surface area contributed by atoms with Crippen LogP contribution >= 0.6 is 0 Å². The first-order chi connectivity index (χ1) is 7.76. The van der Waals surface area contributed by atoms with Crippen LogP contribution in [0.5, 0.6) is 11.5 Å². The number of nitriles is 1. The van der Waals surface area contributed by atoms with Crippen molar-refractivity contribution >= 4 is 0 Å². The maximum Gasteiger partial charge on any atom is 0.123 e. The first kappa shape index (κ1) is 12.3. The highest BCUT2D eigenvalue weighted by atomic mass is 16.5. The molecular formula is C12H15NO3. The van der Waals surface area contributed by atoms with Crippen LogP contribution in [0.3, 0.4) is 0 Å². The van der Waals surface area contributed by atoms with Gasteiger partial charge in [0.25, 0.3) is 0 Å². The Hall–Kier alpha value is -1.73. The summed E-state index contributed by atoms with van der Waals surface area (Å²) in [5.74, 6) is 1.36. The normalized spacial score (nSPS) is 11.6. The molecule has 0 aromatic heterocycles. The van der Waals surface area contributed by atoms with E-state index in [1.54, 1.807) is 12.1 Å². The molecule has 1 N–H and O–H groups in total. The summed E-state index contributed by atoms with van der Waals surface area (Å²) in [6.07, 6.45) is -0.675. The number of aliphatic hydroxyl groups excluding tert-OH is 1. The molecule has 4 heteroatoms. The standard InChI is InChI=1S/C12H15NO3/c1-2-15-11-4-3-5-12(8-11)16-9-10(14)6-7-13/h3-5,8,10,14H,2,6,9H2,1H3. The lowest BCUT2D eigenvalue weighted by Crippen LogP contribution is -2.16. The van der Waals surface area contributed by atoms with Crippen LogP contribution in [0.2, 0.25) is 0 Å². The Bertz CT molecular complexity index is 360. The van der Waals surface area contributed by atoms with Gasteiger partial charge in [0, 0.05) is 6.07 Å². The van der Waals surface area contributed by atoms with E-state index in [0.29, 0.717) is 12.4 Å². The summed E-state index contributed by atoms with van der Waals surface area (Å²) >= 11 is 0. The van der Waals surface area contributed by atoms with Gasteiger partial charge in [-0.2, -0.15) is 5.26 Å². The van der Waals surface area contributed by atoms with Gasteiger partial charge in [-0.25, -0.2) is 0 Å². The average Bonchev–Trinajstić information content (AvgIpc) is 2.28. The van der Waals surface area contributed by atoms with Crippen LogP contribution in [0.4, 0.5) is 0 Å². The summed E-state index contributed by atoms with van der Waals surface area (Å²) in [7, 11) is 0. The van der Waals surface area contributed by atoms with Gasteiger partial charge in [-0.05, 0) is 19.1 Å². The lowest BCUT2D eigenvalue weighted by atomic mass is 10.3. The van der Waals surface area contributed by atoms with Gasteiger partial charge in [-0.3, -0.25) is 0 Å². The van der Waals surface area contributed by atoms with Crippen LogP contribution in [0, 0.1) is 11.3 Å². The minimum Gasteiger partial charge on any atom is -0.494 e. The zero-order valence-electron chi connectivity index (χ0n) is 9.22. The smallest absolute Gasteiger partial charge is 0.123 e. The molecule has 0 spiro atoms. The van der Waals surface area contributed by atoms with Crippen molar-refractivity contribution < 1.29 is 14.6 Å². The van der Waals surface area contributed by atoms with E-state index in [9.17, 15) is 5.11 Å². The Kier molecular flexibility index (Phi) is 5.17. The minimum atomic E-state index is -0.749. The molecule has 0 fully saturated rings. The van der Waals surface area contributed by atoms with Crippen LogP contribution in [0.1, 0.15) is 13.3 Å². The molecule has 0 amide bonds. The molecule has 0 aliphatic carbocycles. The number of rotatable bonds is 6. The number of nitrogens with zero attached hydrogens (tertiary/aromatic N) is 1. The SMILES string of the molecule is CCOc1cccc(OCC(O)CC#N)c1. The number of benzene rings is 1. The second kappa shape index (κ2) is 6.70. The maximum atomic E-state index is 9.30. The fourth-order valence-corrected chi connectivity index (χ4v) is 1.18. The summed E-state index contributed by atoms with van der Waals surface area (Å²) < 4.78 is 10.6. The van der Waals surface area contributed by atoms with Crippen LogP contribution in [0.25, 0.3) is 0 Å². The first-order valence-electron chi connectivity index (χ1n) is 5.17. The van der Waals surface area contributed by atoms with Crippen molar-refractivity contribution in [3.05, 3.63) is 24.3 Å². The van der Waals surface area contributed by atoms with Gasteiger partial charge >= 0.3 is 0 Å². The summed E-state index contributed by atoms with van der Waals surface area (Å²) in [5.41, 5.74) is 0. The molecule has 0 radical (unpaired) electrons. The highest BCUT2D eigenvalue weighted by Gasteiger charge is 2.04. The van der Waals surface area contributed by atoms with Gasteiger partial charge in [-0.1, -0.05) is 6.07 Å². The molecule has 0 aliphatic rings. The second-order valence-electron chi connectivity index (χ2n) is 3.23. The molecule has 86 valence electrons. The van der Waals surface area contributed by atoms with E-state index >= 15 is 0 Å². The molecule has 0 saturated carbocycles. The zero-order chi connectivity index (χ0) is 11.8. The van der Waals surface area contributed by atoms with Gasteiger partial charge in [0.15, 0.2) is 0 Å². The Balaban J connectivity index is 2.47. The number of hydrogen-bond acceptors (Lipinski definition) is 4. The van der Waals surface area contributed by atoms with E-state index < -0.39 is 6.10 Å². The van der Waals surface area contributed by atoms with Crippen LogP contribution in [0.15, 0.2) is 24.3 Å². The Morgan fingerprint density at radius 3 is 2.69 bits per heavy atom. The van der Waals surface area contributed by atoms with Crippen molar-refractivity contribution in [1.29, 1.82) is 5.26 Å². The predicted molar refractivity (Wildman–Crippen MR) is 59.3 cm³/mol. The molecule has 1 aromatic rings. The molecular weight excluding hydrogens is 206 g/mol. The van der Waals surface area contributed by atoms with Gasteiger partial charge in [-0.15, -0.1) is 0 Å². The van der Waals surface area contributed by atoms with Gasteiger partial charge in [0.05, 0.1) is 19.1 Å². The average molecular weight is 221 g/mol. The van der Waals surface area contributed by atoms with Crippen LogP contribution in [-0.4, -0.2) is 24.4 Å². The van der Waals surface area contributed by atoms with Crippen molar-refractivity contribution in [2.75, 3.05) is 13.2 Å². The van der Waals surface area contributed by atoms with E-state index in [0.717, 1.165) is 5.75 Å². The summed E-state index contributed by atoms with van der Waals surface area (Å²) in [6, 6.07) is 9.06.